The van der Waals surface area contributed by atoms with E-state index in [1.807, 2.05) is 19.1 Å². The maximum atomic E-state index is 11.6. The van der Waals surface area contributed by atoms with Crippen molar-refractivity contribution < 1.29 is 19.1 Å². The normalized spacial score (nSPS) is 11.0. The van der Waals surface area contributed by atoms with Gasteiger partial charge in [0, 0.05) is 10.2 Å². The quantitative estimate of drug-likeness (QED) is 0.454. The Morgan fingerprint density at radius 3 is 2.73 bits per heavy atom. The van der Waals surface area contributed by atoms with E-state index >= 15 is 0 Å². The van der Waals surface area contributed by atoms with Crippen LogP contribution in [0.15, 0.2) is 27.8 Å². The molecular weight excluding hydrogens is 352 g/mol. The Bertz CT molecular complexity index is 573. The minimum atomic E-state index is -0.399. The second-order valence-electron chi connectivity index (χ2n) is 4.56. The highest BCUT2D eigenvalue weighted by atomic mass is 79.9. The molecular formula is C15H19BrN2O4. The predicted molar refractivity (Wildman–Crippen MR) is 86.9 cm³/mol. The molecule has 1 aromatic rings. The number of hydrazone groups is 1. The molecule has 0 bridgehead atoms. The molecule has 0 saturated carbocycles. The van der Waals surface area contributed by atoms with Crippen LogP contribution in [-0.4, -0.2) is 30.8 Å². The number of carbonyl (C=O) groups excluding carboxylic acids is 2. The molecule has 0 aliphatic rings. The molecule has 1 aromatic carbocycles. The Labute approximate surface area is 138 Å². The Morgan fingerprint density at radius 1 is 1.36 bits per heavy atom. The first-order valence-corrected chi connectivity index (χ1v) is 7.58. The molecule has 7 heteroatoms. The number of esters is 1. The van der Waals surface area contributed by atoms with Gasteiger partial charge in [-0.3, -0.25) is 9.59 Å². The summed E-state index contributed by atoms with van der Waals surface area (Å²) in [5.74, 6) is -0.175. The average Bonchev–Trinajstić information content (AvgIpc) is 2.46. The van der Waals surface area contributed by atoms with Crippen molar-refractivity contribution in [1.82, 2.24) is 5.43 Å². The summed E-state index contributed by atoms with van der Waals surface area (Å²) in [5, 5.41) is 3.82. The van der Waals surface area contributed by atoms with Crippen LogP contribution in [0.2, 0.25) is 0 Å². The van der Waals surface area contributed by atoms with E-state index in [1.165, 1.54) is 0 Å². The van der Waals surface area contributed by atoms with Gasteiger partial charge in [-0.2, -0.15) is 5.10 Å². The summed E-state index contributed by atoms with van der Waals surface area (Å²) < 4.78 is 11.1. The molecule has 0 fully saturated rings. The van der Waals surface area contributed by atoms with Gasteiger partial charge >= 0.3 is 5.97 Å². The Morgan fingerprint density at radius 2 is 2.09 bits per heavy atom. The standard InChI is InChI=1S/C15H19BrN2O4/c1-4-21-15(20)8-11(3)17-18-14(19)9-22-12-5-6-13(16)10(2)7-12/h5-7H,4,8-9H2,1-3H3,(H,18,19). The lowest BCUT2D eigenvalue weighted by atomic mass is 10.2. The third-order valence-electron chi connectivity index (χ3n) is 2.58. The summed E-state index contributed by atoms with van der Waals surface area (Å²) in [6, 6.07) is 5.44. The molecule has 0 unspecified atom stereocenters. The van der Waals surface area contributed by atoms with Gasteiger partial charge in [-0.05, 0) is 44.5 Å². The summed E-state index contributed by atoms with van der Waals surface area (Å²) in [6.07, 6.45) is 0.0425. The van der Waals surface area contributed by atoms with Gasteiger partial charge in [-0.15, -0.1) is 0 Å². The third kappa shape index (κ3) is 6.71. The van der Waals surface area contributed by atoms with Gasteiger partial charge < -0.3 is 9.47 Å². The van der Waals surface area contributed by atoms with E-state index in [9.17, 15) is 9.59 Å². The second-order valence-corrected chi connectivity index (χ2v) is 5.42. The smallest absolute Gasteiger partial charge is 0.311 e. The Kier molecular flexibility index (Phi) is 7.59. The molecule has 0 saturated heterocycles. The third-order valence-corrected chi connectivity index (χ3v) is 3.47. The summed E-state index contributed by atoms with van der Waals surface area (Å²) in [6.45, 7) is 5.46. The van der Waals surface area contributed by atoms with Crippen LogP contribution in [0.25, 0.3) is 0 Å². The molecule has 6 nitrogen and oxygen atoms in total. The second kappa shape index (κ2) is 9.19. The Balaban J connectivity index is 2.39. The topological polar surface area (TPSA) is 77.0 Å². The largest absolute Gasteiger partial charge is 0.484 e. The number of rotatable bonds is 7. The Hall–Kier alpha value is -1.89. The number of ether oxygens (including phenoxy) is 2. The van der Waals surface area contributed by atoms with E-state index in [0.717, 1.165) is 10.0 Å². The van der Waals surface area contributed by atoms with Gasteiger partial charge in [0.2, 0.25) is 0 Å². The summed E-state index contributed by atoms with van der Waals surface area (Å²) in [7, 11) is 0. The van der Waals surface area contributed by atoms with Gasteiger partial charge in [0.15, 0.2) is 6.61 Å². The summed E-state index contributed by atoms with van der Waals surface area (Å²) in [4.78, 5) is 22.8. The SMILES string of the molecule is CCOC(=O)CC(C)=NNC(=O)COc1ccc(Br)c(C)c1. The molecule has 1 N–H and O–H groups in total. The van der Waals surface area contributed by atoms with E-state index < -0.39 is 5.91 Å². The van der Waals surface area contributed by atoms with Crippen molar-refractivity contribution >= 4 is 33.5 Å². The fourth-order valence-electron chi connectivity index (χ4n) is 1.51. The van der Waals surface area contributed by atoms with Crippen LogP contribution in [-0.2, 0) is 14.3 Å². The highest BCUT2D eigenvalue weighted by Crippen LogP contribution is 2.21. The van der Waals surface area contributed by atoms with Crippen LogP contribution >= 0.6 is 15.9 Å². The van der Waals surface area contributed by atoms with E-state index in [-0.39, 0.29) is 19.0 Å². The number of nitrogens with zero attached hydrogens (tertiary/aromatic N) is 1. The number of hydrogen-bond donors (Lipinski definition) is 1. The first-order valence-electron chi connectivity index (χ1n) is 6.79. The highest BCUT2D eigenvalue weighted by molar-refractivity contribution is 9.10. The van der Waals surface area contributed by atoms with Crippen LogP contribution in [0.1, 0.15) is 25.8 Å². The van der Waals surface area contributed by atoms with Crippen molar-refractivity contribution in [3.63, 3.8) is 0 Å². The van der Waals surface area contributed by atoms with Crippen LogP contribution in [0.4, 0.5) is 0 Å². The van der Waals surface area contributed by atoms with E-state index in [4.69, 9.17) is 9.47 Å². The van der Waals surface area contributed by atoms with Crippen molar-refractivity contribution in [2.45, 2.75) is 27.2 Å². The monoisotopic (exact) mass is 370 g/mol. The number of carbonyl (C=O) groups is 2. The number of aryl methyl sites for hydroxylation is 1. The van der Waals surface area contributed by atoms with Crippen molar-refractivity contribution in [3.05, 3.63) is 28.2 Å². The van der Waals surface area contributed by atoms with Crippen molar-refractivity contribution in [2.75, 3.05) is 13.2 Å². The molecule has 0 aliphatic heterocycles. The zero-order valence-electron chi connectivity index (χ0n) is 12.8. The predicted octanol–water partition coefficient (Wildman–Crippen LogP) is 2.58. The zero-order valence-corrected chi connectivity index (χ0v) is 14.4. The minimum absolute atomic E-state index is 0.0425. The molecule has 0 spiro atoms. The van der Waals surface area contributed by atoms with Gasteiger partial charge in [0.05, 0.1) is 13.0 Å². The first-order chi connectivity index (χ1) is 10.4. The van der Waals surface area contributed by atoms with Gasteiger partial charge in [-0.1, -0.05) is 15.9 Å². The van der Waals surface area contributed by atoms with Crippen LogP contribution in [0, 0.1) is 6.92 Å². The molecule has 1 amide bonds. The lowest BCUT2D eigenvalue weighted by Crippen LogP contribution is -2.26. The maximum Gasteiger partial charge on any atom is 0.311 e. The van der Waals surface area contributed by atoms with Crippen molar-refractivity contribution in [3.8, 4) is 5.75 Å². The number of hydrogen-bond acceptors (Lipinski definition) is 5. The number of benzene rings is 1. The maximum absolute atomic E-state index is 11.6. The van der Waals surface area contributed by atoms with Crippen LogP contribution in [0.5, 0.6) is 5.75 Å². The lowest BCUT2D eigenvalue weighted by molar-refractivity contribution is -0.141. The molecule has 0 aliphatic carbocycles. The van der Waals surface area contributed by atoms with Crippen molar-refractivity contribution in [1.29, 1.82) is 0 Å². The number of amides is 1. The van der Waals surface area contributed by atoms with Crippen molar-refractivity contribution in [2.24, 2.45) is 5.10 Å². The summed E-state index contributed by atoms with van der Waals surface area (Å²) in [5.41, 5.74) is 3.81. The van der Waals surface area contributed by atoms with Gasteiger partial charge in [0.25, 0.3) is 5.91 Å². The molecule has 0 aromatic heterocycles. The van der Waals surface area contributed by atoms with E-state index in [1.54, 1.807) is 19.9 Å². The molecule has 0 atom stereocenters. The minimum Gasteiger partial charge on any atom is -0.484 e. The fraction of sp³-hybridized carbons (Fsp3) is 0.400. The summed E-state index contributed by atoms with van der Waals surface area (Å²) >= 11 is 3.39. The lowest BCUT2D eigenvalue weighted by Gasteiger charge is -2.07. The van der Waals surface area contributed by atoms with Crippen LogP contribution < -0.4 is 10.2 Å². The highest BCUT2D eigenvalue weighted by Gasteiger charge is 2.06. The fourth-order valence-corrected chi connectivity index (χ4v) is 1.75. The van der Waals surface area contributed by atoms with Gasteiger partial charge in [-0.25, -0.2) is 5.43 Å². The van der Waals surface area contributed by atoms with E-state index in [2.05, 4.69) is 26.5 Å². The molecule has 120 valence electrons. The number of halogens is 1. The van der Waals surface area contributed by atoms with Crippen LogP contribution in [0.3, 0.4) is 0 Å². The molecule has 22 heavy (non-hydrogen) atoms. The number of nitrogens with one attached hydrogen (secondary N) is 1. The van der Waals surface area contributed by atoms with E-state index in [0.29, 0.717) is 18.1 Å². The van der Waals surface area contributed by atoms with Gasteiger partial charge in [0.1, 0.15) is 5.75 Å². The zero-order chi connectivity index (χ0) is 16.5. The molecule has 1 rings (SSSR count). The average molecular weight is 371 g/mol. The molecule has 0 heterocycles. The molecule has 0 radical (unpaired) electrons. The first kappa shape index (κ1) is 18.2.